The van der Waals surface area contributed by atoms with E-state index in [1.165, 1.54) is 23.9 Å². The molecule has 0 saturated carbocycles. The minimum Gasteiger partial charge on any atom is -0.325 e. The van der Waals surface area contributed by atoms with Crippen LogP contribution < -0.4 is 10.5 Å². The number of para-hydroxylation sites is 1. The maximum Gasteiger partial charge on any atom is 0.238 e. The lowest BCUT2D eigenvalue weighted by Crippen LogP contribution is -2.18. The lowest BCUT2D eigenvalue weighted by molar-refractivity contribution is -0.113. The number of aryl methyl sites for hydroxylation is 2. The quantitative estimate of drug-likeness (QED) is 0.584. The third-order valence-electron chi connectivity index (χ3n) is 4.56. The van der Waals surface area contributed by atoms with Gasteiger partial charge in [-0.2, -0.15) is 0 Å². The van der Waals surface area contributed by atoms with E-state index in [2.05, 4.69) is 10.3 Å². The van der Waals surface area contributed by atoms with Gasteiger partial charge in [0.25, 0.3) is 0 Å². The number of benzene rings is 2. The van der Waals surface area contributed by atoms with Crippen molar-refractivity contribution >= 4 is 33.4 Å². The second kappa shape index (κ2) is 8.40. The molecule has 3 rings (SSSR count). The number of anilines is 1. The number of thioether (sulfide) groups is 1. The van der Waals surface area contributed by atoms with Crippen molar-refractivity contribution < 1.29 is 13.2 Å². The van der Waals surface area contributed by atoms with Crippen LogP contribution in [0.1, 0.15) is 16.7 Å². The second-order valence-corrected chi connectivity index (χ2v) is 9.16. The molecule has 152 valence electrons. The number of hydrogen-bond acceptors (Lipinski definition) is 5. The van der Waals surface area contributed by atoms with E-state index >= 15 is 0 Å². The molecule has 9 heteroatoms. The molecule has 0 spiro atoms. The van der Waals surface area contributed by atoms with Gasteiger partial charge in [0.15, 0.2) is 5.16 Å². The zero-order chi connectivity index (χ0) is 21.2. The zero-order valence-electron chi connectivity index (χ0n) is 16.3. The summed E-state index contributed by atoms with van der Waals surface area (Å²) in [5.74, 6) is -0.135. The first-order chi connectivity index (χ1) is 13.7. The molecule has 0 aliphatic rings. The lowest BCUT2D eigenvalue weighted by atomic mass is 10.1. The predicted octanol–water partition coefficient (Wildman–Crippen LogP) is 3.18. The van der Waals surface area contributed by atoms with Crippen LogP contribution in [0.5, 0.6) is 0 Å². The van der Waals surface area contributed by atoms with Crippen LogP contribution in [-0.4, -0.2) is 29.6 Å². The summed E-state index contributed by atoms with van der Waals surface area (Å²) in [6, 6.07) is 10.8. The first-order valence-corrected chi connectivity index (χ1v) is 11.4. The average Bonchev–Trinajstić information content (AvgIpc) is 3.11. The Bertz CT molecular complexity index is 1170. The molecule has 0 bridgehead atoms. The number of carbonyl (C=O) groups is 1. The molecule has 0 aliphatic heterocycles. The zero-order valence-corrected chi connectivity index (χ0v) is 18.0. The Kier molecular flexibility index (Phi) is 6.11. The number of rotatable bonds is 6. The summed E-state index contributed by atoms with van der Waals surface area (Å²) in [6.07, 6.45) is 3.54. The first-order valence-electron chi connectivity index (χ1n) is 8.83. The van der Waals surface area contributed by atoms with Crippen LogP contribution in [-0.2, 0) is 14.8 Å². The molecule has 1 aromatic heterocycles. The standard InChI is InChI=1S/C20H22N4O3S2/c1-13-6-4-5-7-18(13)24-9-8-22-20(24)28-12-19(25)23-17-11-16(29(21,26)27)10-14(2)15(17)3/h4-11H,12H2,1-3H3,(H,23,25)(H2,21,26,27). The molecular weight excluding hydrogens is 408 g/mol. The van der Waals surface area contributed by atoms with Gasteiger partial charge in [0, 0.05) is 18.1 Å². The molecule has 0 radical (unpaired) electrons. The molecule has 7 nitrogen and oxygen atoms in total. The van der Waals surface area contributed by atoms with E-state index in [-0.39, 0.29) is 16.6 Å². The second-order valence-electron chi connectivity index (χ2n) is 6.66. The van der Waals surface area contributed by atoms with Crippen molar-refractivity contribution in [3.8, 4) is 5.69 Å². The number of nitrogens with two attached hydrogens (primary N) is 1. The van der Waals surface area contributed by atoms with Crippen molar-refractivity contribution in [3.05, 3.63) is 65.5 Å². The molecule has 1 heterocycles. The number of primary sulfonamides is 1. The Morgan fingerprint density at radius 2 is 1.90 bits per heavy atom. The molecule has 0 unspecified atom stereocenters. The van der Waals surface area contributed by atoms with E-state index in [0.717, 1.165) is 22.4 Å². The summed E-state index contributed by atoms with van der Waals surface area (Å²) in [5.41, 5.74) is 4.05. The highest BCUT2D eigenvalue weighted by Crippen LogP contribution is 2.25. The highest BCUT2D eigenvalue weighted by Gasteiger charge is 2.15. The number of imidazole rings is 1. The van der Waals surface area contributed by atoms with Crippen LogP contribution >= 0.6 is 11.8 Å². The normalized spacial score (nSPS) is 11.4. The molecule has 0 aliphatic carbocycles. The van der Waals surface area contributed by atoms with Gasteiger partial charge in [-0.05, 0) is 55.7 Å². The number of sulfonamides is 1. The largest absolute Gasteiger partial charge is 0.325 e. The number of amides is 1. The molecule has 0 saturated heterocycles. The van der Waals surface area contributed by atoms with Gasteiger partial charge in [-0.25, -0.2) is 18.5 Å². The van der Waals surface area contributed by atoms with Gasteiger partial charge in [0.1, 0.15) is 0 Å². The molecule has 2 aromatic carbocycles. The van der Waals surface area contributed by atoms with E-state index in [4.69, 9.17) is 5.14 Å². The van der Waals surface area contributed by atoms with Gasteiger partial charge in [0.05, 0.1) is 16.3 Å². The van der Waals surface area contributed by atoms with Crippen LogP contribution in [0.15, 0.2) is 58.8 Å². The fraction of sp³-hybridized carbons (Fsp3) is 0.200. The highest BCUT2D eigenvalue weighted by atomic mass is 32.2. The summed E-state index contributed by atoms with van der Waals surface area (Å²) >= 11 is 1.30. The predicted molar refractivity (Wildman–Crippen MR) is 115 cm³/mol. The number of hydrogen-bond donors (Lipinski definition) is 2. The fourth-order valence-corrected chi connectivity index (χ4v) is 4.24. The lowest BCUT2D eigenvalue weighted by Gasteiger charge is -2.13. The van der Waals surface area contributed by atoms with Gasteiger partial charge in [0.2, 0.25) is 15.9 Å². The van der Waals surface area contributed by atoms with Crippen LogP contribution in [0.4, 0.5) is 5.69 Å². The molecule has 0 fully saturated rings. The van der Waals surface area contributed by atoms with Crippen molar-refractivity contribution in [2.75, 3.05) is 11.1 Å². The molecule has 3 N–H and O–H groups in total. The summed E-state index contributed by atoms with van der Waals surface area (Å²) in [6.45, 7) is 5.60. The van der Waals surface area contributed by atoms with Gasteiger partial charge < -0.3 is 5.32 Å². The molecule has 0 atom stereocenters. The van der Waals surface area contributed by atoms with Gasteiger partial charge in [-0.15, -0.1) is 0 Å². The first kappa shape index (κ1) is 21.1. The van der Waals surface area contributed by atoms with Crippen LogP contribution in [0.2, 0.25) is 0 Å². The smallest absolute Gasteiger partial charge is 0.238 e. The Morgan fingerprint density at radius 1 is 1.17 bits per heavy atom. The molecular formula is C20H22N4O3S2. The maximum absolute atomic E-state index is 12.5. The fourth-order valence-electron chi connectivity index (χ4n) is 2.85. The third kappa shape index (κ3) is 4.87. The van der Waals surface area contributed by atoms with Gasteiger partial charge >= 0.3 is 0 Å². The molecule has 3 aromatic rings. The van der Waals surface area contributed by atoms with Gasteiger partial charge in [-0.3, -0.25) is 9.36 Å². The van der Waals surface area contributed by atoms with E-state index in [1.807, 2.05) is 48.9 Å². The number of carbonyl (C=O) groups excluding carboxylic acids is 1. The third-order valence-corrected chi connectivity index (χ3v) is 6.42. The van der Waals surface area contributed by atoms with E-state index in [1.54, 1.807) is 13.1 Å². The van der Waals surface area contributed by atoms with Crippen molar-refractivity contribution in [3.63, 3.8) is 0 Å². The summed E-state index contributed by atoms with van der Waals surface area (Å²) in [7, 11) is -3.86. The van der Waals surface area contributed by atoms with Crippen molar-refractivity contribution in [2.45, 2.75) is 30.8 Å². The minimum absolute atomic E-state index is 0.0290. The van der Waals surface area contributed by atoms with Crippen molar-refractivity contribution in [1.29, 1.82) is 0 Å². The van der Waals surface area contributed by atoms with E-state index in [9.17, 15) is 13.2 Å². The number of aromatic nitrogens is 2. The van der Waals surface area contributed by atoms with E-state index < -0.39 is 10.0 Å². The number of nitrogens with zero attached hydrogens (tertiary/aromatic N) is 2. The van der Waals surface area contributed by atoms with E-state index in [0.29, 0.717) is 10.8 Å². The Hall–Kier alpha value is -2.62. The SMILES string of the molecule is Cc1ccccc1-n1ccnc1SCC(=O)Nc1cc(S(N)(=O)=O)cc(C)c1C. The van der Waals surface area contributed by atoms with Crippen LogP contribution in [0, 0.1) is 20.8 Å². The Balaban J connectivity index is 1.75. The van der Waals surface area contributed by atoms with Crippen LogP contribution in [0.3, 0.4) is 0 Å². The average molecular weight is 431 g/mol. The summed E-state index contributed by atoms with van der Waals surface area (Å²) in [4.78, 5) is 16.8. The topological polar surface area (TPSA) is 107 Å². The van der Waals surface area contributed by atoms with Crippen molar-refractivity contribution in [2.24, 2.45) is 5.14 Å². The maximum atomic E-state index is 12.5. The summed E-state index contributed by atoms with van der Waals surface area (Å²) in [5, 5.41) is 8.70. The summed E-state index contributed by atoms with van der Waals surface area (Å²) < 4.78 is 25.3. The molecule has 1 amide bonds. The molecule has 29 heavy (non-hydrogen) atoms. The monoisotopic (exact) mass is 430 g/mol. The van der Waals surface area contributed by atoms with Crippen LogP contribution in [0.25, 0.3) is 5.69 Å². The van der Waals surface area contributed by atoms with Gasteiger partial charge in [-0.1, -0.05) is 30.0 Å². The van der Waals surface area contributed by atoms with Crippen molar-refractivity contribution in [1.82, 2.24) is 9.55 Å². The highest BCUT2D eigenvalue weighted by molar-refractivity contribution is 7.99. The number of nitrogens with one attached hydrogen (secondary N) is 1. The Morgan fingerprint density at radius 3 is 2.59 bits per heavy atom. The Labute approximate surface area is 174 Å². The minimum atomic E-state index is -3.86.